The fraction of sp³-hybridized carbons (Fsp3) is 0.100. The van der Waals surface area contributed by atoms with E-state index in [0.29, 0.717) is 10.2 Å². The van der Waals surface area contributed by atoms with Gasteiger partial charge in [-0.2, -0.15) is 10.2 Å². The Balaban J connectivity index is 2.44. The van der Waals surface area contributed by atoms with Gasteiger partial charge in [0, 0.05) is 17.8 Å². The molecule has 0 bridgehead atoms. The van der Waals surface area contributed by atoms with Crippen LogP contribution in [0.3, 0.4) is 0 Å². The van der Waals surface area contributed by atoms with Gasteiger partial charge in [0.2, 0.25) is 5.56 Å². The molecule has 2 rings (SSSR count). The van der Waals surface area contributed by atoms with Gasteiger partial charge in [0.15, 0.2) is 0 Å². The van der Waals surface area contributed by atoms with Crippen LogP contribution < -0.4 is 16.8 Å². The molecule has 0 radical (unpaired) electrons. The lowest BCUT2D eigenvalue weighted by Crippen LogP contribution is -2.35. The molecule has 18 heavy (non-hydrogen) atoms. The Morgan fingerprint density at radius 3 is 2.78 bits per heavy atom. The zero-order chi connectivity index (χ0) is 13.1. The summed E-state index contributed by atoms with van der Waals surface area (Å²) in [6.45, 7) is 1.46. The van der Waals surface area contributed by atoms with Crippen molar-refractivity contribution in [1.29, 1.82) is 0 Å². The molecule has 0 amide bonds. The molecule has 2 aromatic heterocycles. The molecule has 0 saturated heterocycles. The SMILES string of the molecule is Cc1n[nH]c(=O)n(/N=C/c2ccc(=O)[nH]c2)c1=O. The lowest BCUT2D eigenvalue weighted by Gasteiger charge is -1.96. The maximum atomic E-state index is 11.6. The molecule has 0 aliphatic heterocycles. The summed E-state index contributed by atoms with van der Waals surface area (Å²) in [7, 11) is 0. The number of hydrogen-bond acceptors (Lipinski definition) is 5. The number of aromatic nitrogens is 4. The summed E-state index contributed by atoms with van der Waals surface area (Å²) in [6.07, 6.45) is 2.70. The number of aromatic amines is 2. The molecular formula is C10H9N5O3. The number of nitrogens with zero attached hydrogens (tertiary/aromatic N) is 3. The molecule has 92 valence electrons. The van der Waals surface area contributed by atoms with Crippen LogP contribution in [0, 0.1) is 6.92 Å². The number of rotatable bonds is 2. The van der Waals surface area contributed by atoms with Gasteiger partial charge in [-0.05, 0) is 13.0 Å². The summed E-state index contributed by atoms with van der Waals surface area (Å²) in [6, 6.07) is 2.82. The Kier molecular flexibility index (Phi) is 3.00. The van der Waals surface area contributed by atoms with Crippen molar-refractivity contribution >= 4 is 6.21 Å². The normalized spacial score (nSPS) is 10.9. The van der Waals surface area contributed by atoms with Gasteiger partial charge < -0.3 is 4.98 Å². The zero-order valence-corrected chi connectivity index (χ0v) is 9.38. The first-order valence-electron chi connectivity index (χ1n) is 4.99. The van der Waals surface area contributed by atoms with E-state index in [-0.39, 0.29) is 11.3 Å². The van der Waals surface area contributed by atoms with Gasteiger partial charge in [-0.3, -0.25) is 9.59 Å². The Hall–Kier alpha value is -2.77. The van der Waals surface area contributed by atoms with Crippen LogP contribution in [-0.2, 0) is 0 Å². The van der Waals surface area contributed by atoms with Crippen molar-refractivity contribution < 1.29 is 0 Å². The minimum absolute atomic E-state index is 0.133. The monoisotopic (exact) mass is 247 g/mol. The Morgan fingerprint density at radius 2 is 2.11 bits per heavy atom. The standard InChI is InChI=1S/C10H9N5O3/c1-6-9(17)15(10(18)14-13-6)12-5-7-2-3-8(16)11-4-7/h2-5H,1H3,(H,11,16)(H,14,18)/b12-5+. The summed E-state index contributed by atoms with van der Waals surface area (Å²) in [5.41, 5.74) is -0.892. The van der Waals surface area contributed by atoms with Crippen molar-refractivity contribution in [1.82, 2.24) is 19.9 Å². The van der Waals surface area contributed by atoms with Gasteiger partial charge in [0.25, 0.3) is 5.56 Å². The Bertz CT molecular complexity index is 748. The third kappa shape index (κ3) is 2.32. The van der Waals surface area contributed by atoms with Gasteiger partial charge in [-0.15, -0.1) is 4.68 Å². The molecule has 0 aromatic carbocycles. The smallest absolute Gasteiger partial charge is 0.328 e. The van der Waals surface area contributed by atoms with E-state index in [9.17, 15) is 14.4 Å². The predicted octanol–water partition coefficient (Wildman–Crippen LogP) is -1.19. The van der Waals surface area contributed by atoms with Gasteiger partial charge in [0.05, 0.1) is 6.21 Å². The lowest BCUT2D eigenvalue weighted by molar-refractivity contribution is 0.694. The molecule has 0 aliphatic carbocycles. The Labute approximate surface area is 99.6 Å². The molecule has 0 fully saturated rings. The molecule has 2 heterocycles. The second-order valence-electron chi connectivity index (χ2n) is 3.46. The minimum Gasteiger partial charge on any atom is -0.328 e. The first-order chi connectivity index (χ1) is 8.58. The van der Waals surface area contributed by atoms with Crippen molar-refractivity contribution in [2.75, 3.05) is 0 Å². The molecule has 0 aliphatic rings. The van der Waals surface area contributed by atoms with Crippen LogP contribution in [0.15, 0.2) is 37.8 Å². The van der Waals surface area contributed by atoms with Crippen LogP contribution in [0.1, 0.15) is 11.3 Å². The van der Waals surface area contributed by atoms with Crippen LogP contribution in [0.5, 0.6) is 0 Å². The van der Waals surface area contributed by atoms with E-state index in [1.807, 2.05) is 0 Å². The van der Waals surface area contributed by atoms with Gasteiger partial charge >= 0.3 is 5.69 Å². The maximum absolute atomic E-state index is 11.6. The molecular weight excluding hydrogens is 238 g/mol. The summed E-state index contributed by atoms with van der Waals surface area (Å²) in [4.78, 5) is 36.2. The summed E-state index contributed by atoms with van der Waals surface area (Å²) in [5.74, 6) is 0. The average molecular weight is 247 g/mol. The lowest BCUT2D eigenvalue weighted by atomic mass is 10.3. The van der Waals surface area contributed by atoms with E-state index in [2.05, 4.69) is 20.3 Å². The minimum atomic E-state index is -0.730. The van der Waals surface area contributed by atoms with Gasteiger partial charge in [-0.1, -0.05) is 0 Å². The van der Waals surface area contributed by atoms with Crippen molar-refractivity contribution in [2.45, 2.75) is 6.92 Å². The topological polar surface area (TPSA) is 113 Å². The van der Waals surface area contributed by atoms with E-state index in [4.69, 9.17) is 0 Å². The van der Waals surface area contributed by atoms with Crippen molar-refractivity contribution in [3.05, 3.63) is 60.8 Å². The van der Waals surface area contributed by atoms with Gasteiger partial charge in [-0.25, -0.2) is 9.89 Å². The van der Waals surface area contributed by atoms with Crippen LogP contribution in [-0.4, -0.2) is 26.1 Å². The van der Waals surface area contributed by atoms with E-state index >= 15 is 0 Å². The molecule has 0 unspecified atom stereocenters. The third-order valence-corrected chi connectivity index (χ3v) is 2.14. The second kappa shape index (κ2) is 4.62. The first kappa shape index (κ1) is 11.7. The number of aryl methyl sites for hydroxylation is 1. The van der Waals surface area contributed by atoms with Crippen molar-refractivity contribution in [3.8, 4) is 0 Å². The number of nitrogens with one attached hydrogen (secondary N) is 2. The maximum Gasteiger partial charge on any atom is 0.365 e. The zero-order valence-electron chi connectivity index (χ0n) is 9.38. The highest BCUT2D eigenvalue weighted by atomic mass is 16.2. The highest BCUT2D eigenvalue weighted by Crippen LogP contribution is 1.87. The molecule has 2 N–H and O–H groups in total. The molecule has 0 spiro atoms. The van der Waals surface area contributed by atoms with Crippen molar-refractivity contribution in [2.24, 2.45) is 5.10 Å². The van der Waals surface area contributed by atoms with Crippen LogP contribution in [0.25, 0.3) is 0 Å². The number of hydrogen-bond donors (Lipinski definition) is 2. The summed E-state index contributed by atoms with van der Waals surface area (Å²) >= 11 is 0. The van der Waals surface area contributed by atoms with Crippen LogP contribution in [0.4, 0.5) is 0 Å². The first-order valence-corrected chi connectivity index (χ1v) is 4.99. The van der Waals surface area contributed by atoms with Crippen LogP contribution >= 0.6 is 0 Å². The van der Waals surface area contributed by atoms with E-state index in [0.717, 1.165) is 0 Å². The van der Waals surface area contributed by atoms with E-state index < -0.39 is 11.2 Å². The molecule has 8 heteroatoms. The van der Waals surface area contributed by atoms with Crippen molar-refractivity contribution in [3.63, 3.8) is 0 Å². The highest BCUT2D eigenvalue weighted by molar-refractivity contribution is 5.78. The molecule has 0 saturated carbocycles. The predicted molar refractivity (Wildman–Crippen MR) is 63.9 cm³/mol. The Morgan fingerprint density at radius 1 is 1.33 bits per heavy atom. The number of H-pyrrole nitrogens is 2. The largest absolute Gasteiger partial charge is 0.365 e. The fourth-order valence-electron chi connectivity index (χ4n) is 1.20. The van der Waals surface area contributed by atoms with E-state index in [1.54, 1.807) is 0 Å². The summed E-state index contributed by atoms with van der Waals surface area (Å²) < 4.78 is 0.660. The summed E-state index contributed by atoms with van der Waals surface area (Å²) in [5, 5.41) is 9.39. The third-order valence-electron chi connectivity index (χ3n) is 2.14. The number of pyridine rings is 1. The molecule has 2 aromatic rings. The van der Waals surface area contributed by atoms with Crippen LogP contribution in [0.2, 0.25) is 0 Å². The highest BCUT2D eigenvalue weighted by Gasteiger charge is 2.02. The van der Waals surface area contributed by atoms with Gasteiger partial charge in [0.1, 0.15) is 5.69 Å². The fourth-order valence-corrected chi connectivity index (χ4v) is 1.20. The van der Waals surface area contributed by atoms with E-state index in [1.165, 1.54) is 31.5 Å². The second-order valence-corrected chi connectivity index (χ2v) is 3.46. The molecule has 0 atom stereocenters. The quantitative estimate of drug-likeness (QED) is 0.649. The average Bonchev–Trinajstić information content (AvgIpc) is 2.36. The molecule has 8 nitrogen and oxygen atoms in total.